The zero-order valence-corrected chi connectivity index (χ0v) is 25.0. The summed E-state index contributed by atoms with van der Waals surface area (Å²) in [7, 11) is -7.79. The van der Waals surface area contributed by atoms with E-state index in [1.54, 1.807) is 60.7 Å². The predicted octanol–water partition coefficient (Wildman–Crippen LogP) is 5.09. The van der Waals surface area contributed by atoms with E-state index < -0.39 is 32.2 Å². The molecule has 1 amide bonds. The second-order valence-electron chi connectivity index (χ2n) is 9.99. The molecule has 4 aromatic rings. The summed E-state index contributed by atoms with van der Waals surface area (Å²) in [4.78, 5) is 17.6. The van der Waals surface area contributed by atoms with Crippen LogP contribution in [0.15, 0.2) is 107 Å². The molecule has 224 valence electrons. The van der Waals surface area contributed by atoms with E-state index >= 15 is 0 Å². The first-order chi connectivity index (χ1) is 20.6. The highest BCUT2D eigenvalue weighted by molar-refractivity contribution is 7.92. The lowest BCUT2D eigenvalue weighted by atomic mass is 10.1. The molecule has 5 rings (SSSR count). The van der Waals surface area contributed by atoms with Gasteiger partial charge in [0.25, 0.3) is 26.0 Å². The number of rotatable bonds is 10. The first-order valence-electron chi connectivity index (χ1n) is 13.6. The van der Waals surface area contributed by atoms with Gasteiger partial charge in [-0.1, -0.05) is 48.0 Å². The van der Waals surface area contributed by atoms with E-state index in [0.29, 0.717) is 35.4 Å². The van der Waals surface area contributed by atoms with Crippen molar-refractivity contribution in [3.63, 3.8) is 0 Å². The van der Waals surface area contributed by atoms with E-state index in [4.69, 9.17) is 9.57 Å². The molecule has 1 atom stereocenters. The van der Waals surface area contributed by atoms with E-state index in [-0.39, 0.29) is 9.79 Å². The molecule has 0 radical (unpaired) electrons. The van der Waals surface area contributed by atoms with Crippen LogP contribution in [0.2, 0.25) is 0 Å². The molecular weight excluding hydrogens is 590 g/mol. The van der Waals surface area contributed by atoms with Gasteiger partial charge in [0.2, 0.25) is 0 Å². The molecule has 0 bridgehead atoms. The average molecular weight is 622 g/mol. The second kappa shape index (κ2) is 13.0. The first-order valence-corrected chi connectivity index (χ1v) is 16.5. The number of sulfonamides is 1. The lowest BCUT2D eigenvalue weighted by Gasteiger charge is -2.21. The summed E-state index contributed by atoms with van der Waals surface area (Å²) in [6.45, 7) is 2.46. The second-order valence-corrected chi connectivity index (χ2v) is 13.5. The van der Waals surface area contributed by atoms with Crippen molar-refractivity contribution in [3.05, 3.63) is 108 Å². The Labute approximate surface area is 251 Å². The van der Waals surface area contributed by atoms with E-state index in [0.717, 1.165) is 22.4 Å². The Morgan fingerprint density at radius 3 is 2.42 bits per heavy atom. The maximum atomic E-state index is 13.6. The van der Waals surface area contributed by atoms with Gasteiger partial charge >= 0.3 is 0 Å². The summed E-state index contributed by atoms with van der Waals surface area (Å²) in [5, 5.41) is 0. The van der Waals surface area contributed by atoms with Crippen molar-refractivity contribution in [1.29, 1.82) is 0 Å². The number of hydroxylamine groups is 1. The summed E-state index contributed by atoms with van der Waals surface area (Å²) in [6, 6.07) is 21.1. The van der Waals surface area contributed by atoms with Gasteiger partial charge in [0.1, 0.15) is 0 Å². The fourth-order valence-electron chi connectivity index (χ4n) is 4.47. The molecule has 1 unspecified atom stereocenters. The minimum atomic E-state index is -4.01. The smallest absolute Gasteiger partial charge is 0.268 e. The third-order valence-electron chi connectivity index (χ3n) is 6.77. The topological polar surface area (TPSA) is 133 Å². The van der Waals surface area contributed by atoms with Crippen LogP contribution < -0.4 is 10.2 Å². The van der Waals surface area contributed by atoms with E-state index in [1.165, 1.54) is 42.7 Å². The molecule has 3 aromatic carbocycles. The van der Waals surface area contributed by atoms with Crippen molar-refractivity contribution in [2.75, 3.05) is 11.3 Å². The number of aryl methyl sites for hydroxylation is 1. The van der Waals surface area contributed by atoms with Crippen LogP contribution in [0.1, 0.15) is 30.4 Å². The number of hydrogen-bond acceptors (Lipinski definition) is 7. The zero-order valence-electron chi connectivity index (χ0n) is 23.3. The van der Waals surface area contributed by atoms with Gasteiger partial charge in [-0.15, -0.1) is 0 Å². The Morgan fingerprint density at radius 2 is 1.70 bits per heavy atom. The molecule has 1 fully saturated rings. The van der Waals surface area contributed by atoms with Crippen LogP contribution in [0.3, 0.4) is 0 Å². The molecule has 1 aliphatic rings. The number of benzene rings is 3. The van der Waals surface area contributed by atoms with Gasteiger partial charge in [0, 0.05) is 42.7 Å². The van der Waals surface area contributed by atoms with Crippen LogP contribution in [0.4, 0.5) is 5.69 Å². The fraction of sp³-hybridized carbons (Fsp3) is 0.194. The number of anilines is 1. The summed E-state index contributed by atoms with van der Waals surface area (Å²) < 4.78 is 61.8. The van der Waals surface area contributed by atoms with Gasteiger partial charge < -0.3 is 4.74 Å². The van der Waals surface area contributed by atoms with Crippen molar-refractivity contribution < 1.29 is 31.2 Å². The molecular formula is C31H31N3O7S2. The minimum Gasteiger partial charge on any atom is -0.350 e. The fourth-order valence-corrected chi connectivity index (χ4v) is 6.95. The number of nitrogens with zero attached hydrogens (tertiary/aromatic N) is 1. The van der Waals surface area contributed by atoms with Gasteiger partial charge in [-0.3, -0.25) is 9.52 Å². The van der Waals surface area contributed by atoms with Gasteiger partial charge in [-0.25, -0.2) is 31.1 Å². The maximum absolute atomic E-state index is 13.6. The van der Waals surface area contributed by atoms with Crippen molar-refractivity contribution >= 4 is 37.7 Å². The normalized spacial score (nSPS) is 15.8. The number of carbonyl (C=O) groups excluding carboxylic acids is 1. The summed E-state index contributed by atoms with van der Waals surface area (Å²) in [5.74, 6) is -0.500. The summed E-state index contributed by atoms with van der Waals surface area (Å²) in [6.07, 6.45) is 7.68. The number of hydrogen-bond donors (Lipinski definition) is 2. The molecule has 0 aliphatic carbocycles. The van der Waals surface area contributed by atoms with Crippen LogP contribution in [0.5, 0.6) is 0 Å². The van der Waals surface area contributed by atoms with Crippen LogP contribution in [0, 0.1) is 6.92 Å². The van der Waals surface area contributed by atoms with E-state index in [2.05, 4.69) is 10.2 Å². The molecule has 0 spiro atoms. The molecule has 10 nitrogen and oxygen atoms in total. The van der Waals surface area contributed by atoms with Crippen LogP contribution >= 0.6 is 0 Å². The number of carbonyl (C=O) groups is 1. The molecule has 1 aromatic heterocycles. The predicted molar refractivity (Wildman–Crippen MR) is 163 cm³/mol. The largest absolute Gasteiger partial charge is 0.350 e. The van der Waals surface area contributed by atoms with Gasteiger partial charge in [-0.2, -0.15) is 0 Å². The third kappa shape index (κ3) is 7.41. The molecule has 2 N–H and O–H groups in total. The Kier molecular flexibility index (Phi) is 9.11. The molecule has 2 heterocycles. The van der Waals surface area contributed by atoms with E-state index in [9.17, 15) is 21.6 Å². The highest BCUT2D eigenvalue weighted by Gasteiger charge is 2.22. The Hall–Kier alpha value is -4.23. The number of aromatic nitrogens is 1. The van der Waals surface area contributed by atoms with Crippen molar-refractivity contribution in [3.8, 4) is 11.1 Å². The van der Waals surface area contributed by atoms with Crippen LogP contribution in [0.25, 0.3) is 17.2 Å². The van der Waals surface area contributed by atoms with Gasteiger partial charge in [0.15, 0.2) is 6.29 Å². The SMILES string of the molecule is Cc1ccc(S(=O)(=O)Nc2ccc(-c3ccccc3S(=O)(=O)n3ccc(/C=C/C(=O)NOC4CCCCO4)c3)cc2)cc1. The van der Waals surface area contributed by atoms with Crippen LogP contribution in [-0.4, -0.2) is 39.6 Å². The van der Waals surface area contributed by atoms with E-state index in [1.807, 2.05) is 6.92 Å². The Balaban J connectivity index is 1.29. The number of nitrogens with one attached hydrogen (secondary N) is 2. The maximum Gasteiger partial charge on any atom is 0.268 e. The Morgan fingerprint density at radius 1 is 0.953 bits per heavy atom. The third-order valence-corrected chi connectivity index (χ3v) is 9.86. The minimum absolute atomic E-state index is 0.0627. The first kappa shape index (κ1) is 30.2. The van der Waals surface area contributed by atoms with Crippen molar-refractivity contribution in [1.82, 2.24) is 9.45 Å². The highest BCUT2D eigenvalue weighted by atomic mass is 32.2. The molecule has 43 heavy (non-hydrogen) atoms. The standard InChI is InChI=1S/C31H31N3O7S2/c1-23-9-16-27(17-10-23)42(36,37)33-26-14-12-25(13-15-26)28-6-2-3-7-29(28)43(38,39)34-20-19-24(22-34)11-18-30(35)32-41-31-8-4-5-21-40-31/h2-3,6-7,9-20,22,31,33H,4-5,8,21H2,1H3,(H,32,35)/b18-11+. The molecule has 1 aliphatic heterocycles. The number of amides is 1. The lowest BCUT2D eigenvalue weighted by molar-refractivity contribution is -0.198. The summed E-state index contributed by atoms with van der Waals surface area (Å²) in [5.41, 5.74) is 5.14. The van der Waals surface area contributed by atoms with Crippen molar-refractivity contribution in [2.24, 2.45) is 0 Å². The highest BCUT2D eigenvalue weighted by Crippen LogP contribution is 2.30. The Bertz CT molecular complexity index is 1820. The molecule has 1 saturated heterocycles. The monoisotopic (exact) mass is 621 g/mol. The summed E-state index contributed by atoms with van der Waals surface area (Å²) >= 11 is 0. The van der Waals surface area contributed by atoms with Crippen LogP contribution in [-0.2, 0) is 34.4 Å². The van der Waals surface area contributed by atoms with Gasteiger partial charge in [-0.05, 0) is 73.4 Å². The lowest BCUT2D eigenvalue weighted by Crippen LogP contribution is -2.32. The zero-order chi connectivity index (χ0) is 30.5. The van der Waals surface area contributed by atoms with Crippen molar-refractivity contribution in [2.45, 2.75) is 42.3 Å². The van der Waals surface area contributed by atoms with Gasteiger partial charge in [0.05, 0.1) is 9.79 Å². The molecule has 0 saturated carbocycles. The average Bonchev–Trinajstić information content (AvgIpc) is 3.50. The molecule has 12 heteroatoms. The number of ether oxygens (including phenoxy) is 1. The quantitative estimate of drug-likeness (QED) is 0.186.